The number of hydrogen-bond donors (Lipinski definition) is 1. The highest BCUT2D eigenvalue weighted by Crippen LogP contribution is 2.74. The number of aliphatic hydroxyl groups is 1. The fraction of sp³-hybridized carbons (Fsp3) is 0.786. The van der Waals surface area contributed by atoms with E-state index in [0.29, 0.717) is 25.4 Å². The molecule has 194 valence electrons. The van der Waals surface area contributed by atoms with E-state index in [-0.39, 0.29) is 36.0 Å². The van der Waals surface area contributed by atoms with Gasteiger partial charge in [-0.1, -0.05) is 26.8 Å². The van der Waals surface area contributed by atoms with E-state index in [9.17, 15) is 19.1 Å². The van der Waals surface area contributed by atoms with Gasteiger partial charge in [-0.2, -0.15) is 0 Å². The summed E-state index contributed by atoms with van der Waals surface area (Å²) in [5, 5.41) is 11.5. The molecule has 3 saturated carbocycles. The molecule has 1 aliphatic heterocycles. The maximum absolute atomic E-state index is 17.3. The molecule has 0 bridgehead atoms. The van der Waals surface area contributed by atoms with Gasteiger partial charge in [0.15, 0.2) is 17.2 Å². The first kappa shape index (κ1) is 25.2. The standard InChI is InChI=1S/C28H38F3NO3/c1-16(2)6-8-32-14-17-9-19-20-11-22(30)21-10-18(33)5-7-25(21,3)28(20,31)23(34)12-26(19,4)27(17,15-32)24(35)13-29/h5,7,10,16-17,19-20,22-23,34H,6,8-9,11-15H2,1-4H3/t17-,19-,20-,22-,23-,25-,26-,27+,28-/m0/s1. The zero-order valence-corrected chi connectivity index (χ0v) is 21.2. The molecule has 0 amide bonds. The van der Waals surface area contributed by atoms with Gasteiger partial charge < -0.3 is 10.0 Å². The molecule has 1 heterocycles. The van der Waals surface area contributed by atoms with Crippen LogP contribution in [0.4, 0.5) is 13.2 Å². The molecule has 1 N–H and O–H groups in total. The lowest BCUT2D eigenvalue weighted by atomic mass is 9.43. The third-order valence-electron chi connectivity index (χ3n) is 10.9. The van der Waals surface area contributed by atoms with Crippen LogP contribution in [0.2, 0.25) is 0 Å². The highest BCUT2D eigenvalue weighted by Gasteiger charge is 2.78. The summed E-state index contributed by atoms with van der Waals surface area (Å²) < 4.78 is 47.0. The van der Waals surface area contributed by atoms with Crippen molar-refractivity contribution in [2.75, 3.05) is 26.3 Å². The Morgan fingerprint density at radius 2 is 1.97 bits per heavy atom. The Hall–Kier alpha value is -1.47. The number of likely N-dealkylation sites (tertiary alicyclic amines) is 1. The minimum Gasteiger partial charge on any atom is -0.390 e. The van der Waals surface area contributed by atoms with E-state index in [1.807, 2.05) is 6.92 Å². The minimum absolute atomic E-state index is 0.0204. The largest absolute Gasteiger partial charge is 0.390 e. The highest BCUT2D eigenvalue weighted by atomic mass is 19.1. The molecule has 9 atom stereocenters. The second-order valence-electron chi connectivity index (χ2n) is 12.7. The average Bonchev–Trinajstić information content (AvgIpc) is 3.28. The monoisotopic (exact) mass is 493 g/mol. The van der Waals surface area contributed by atoms with Crippen molar-refractivity contribution in [2.45, 2.75) is 71.3 Å². The van der Waals surface area contributed by atoms with Gasteiger partial charge in [-0.3, -0.25) is 9.59 Å². The molecule has 0 radical (unpaired) electrons. The first-order valence-electron chi connectivity index (χ1n) is 13.1. The van der Waals surface area contributed by atoms with E-state index in [1.54, 1.807) is 6.92 Å². The lowest BCUT2D eigenvalue weighted by Gasteiger charge is -2.63. The molecular weight excluding hydrogens is 455 g/mol. The first-order chi connectivity index (χ1) is 16.3. The van der Waals surface area contributed by atoms with Crippen molar-refractivity contribution in [3.63, 3.8) is 0 Å². The Bertz CT molecular complexity index is 996. The Kier molecular flexibility index (Phi) is 5.77. The van der Waals surface area contributed by atoms with Crippen LogP contribution in [0.3, 0.4) is 0 Å². The van der Waals surface area contributed by atoms with Gasteiger partial charge in [0.25, 0.3) is 0 Å². The normalized spacial score (nSPS) is 48.9. The average molecular weight is 494 g/mol. The maximum atomic E-state index is 17.3. The van der Waals surface area contributed by atoms with Gasteiger partial charge in [0.05, 0.1) is 11.5 Å². The van der Waals surface area contributed by atoms with Crippen molar-refractivity contribution in [3.8, 4) is 0 Å². The van der Waals surface area contributed by atoms with Crippen LogP contribution in [0.1, 0.15) is 53.4 Å². The van der Waals surface area contributed by atoms with E-state index in [4.69, 9.17) is 0 Å². The molecule has 0 aromatic heterocycles. The number of rotatable bonds is 5. The lowest BCUT2D eigenvalue weighted by Crippen LogP contribution is -2.69. The van der Waals surface area contributed by atoms with Gasteiger partial charge in [0.1, 0.15) is 12.8 Å². The molecule has 4 nitrogen and oxygen atoms in total. The number of hydrogen-bond acceptors (Lipinski definition) is 4. The van der Waals surface area contributed by atoms with E-state index < -0.39 is 52.6 Å². The summed E-state index contributed by atoms with van der Waals surface area (Å²) in [5.74, 6) is -1.66. The number of alkyl halides is 3. The molecule has 5 rings (SSSR count). The van der Waals surface area contributed by atoms with Crippen LogP contribution in [0.15, 0.2) is 23.8 Å². The highest BCUT2D eigenvalue weighted by molar-refractivity contribution is 6.01. The van der Waals surface area contributed by atoms with Crippen LogP contribution in [0.25, 0.3) is 0 Å². The Morgan fingerprint density at radius 3 is 2.63 bits per heavy atom. The van der Waals surface area contributed by atoms with Gasteiger partial charge in [-0.25, -0.2) is 13.2 Å². The fourth-order valence-corrected chi connectivity index (χ4v) is 9.11. The lowest BCUT2D eigenvalue weighted by molar-refractivity contribution is -0.211. The van der Waals surface area contributed by atoms with Crippen molar-refractivity contribution in [2.24, 2.45) is 39.9 Å². The second-order valence-corrected chi connectivity index (χ2v) is 12.7. The summed E-state index contributed by atoms with van der Waals surface area (Å²) in [6.45, 7) is 8.56. The summed E-state index contributed by atoms with van der Waals surface area (Å²) in [6.07, 6.45) is 2.29. The van der Waals surface area contributed by atoms with Crippen LogP contribution in [-0.4, -0.2) is 65.8 Å². The van der Waals surface area contributed by atoms with Crippen LogP contribution in [-0.2, 0) is 9.59 Å². The molecule has 0 aromatic carbocycles. The number of halogens is 3. The van der Waals surface area contributed by atoms with Crippen molar-refractivity contribution in [3.05, 3.63) is 23.8 Å². The van der Waals surface area contributed by atoms with Crippen molar-refractivity contribution in [1.82, 2.24) is 4.90 Å². The molecule has 4 fully saturated rings. The minimum atomic E-state index is -2.17. The molecule has 7 heteroatoms. The van der Waals surface area contributed by atoms with Crippen LogP contribution in [0.5, 0.6) is 0 Å². The summed E-state index contributed by atoms with van der Waals surface area (Å²) in [7, 11) is 0. The number of fused-ring (bicyclic) bond motifs is 7. The number of ketones is 2. The van der Waals surface area contributed by atoms with Crippen molar-refractivity contribution >= 4 is 11.6 Å². The van der Waals surface area contributed by atoms with E-state index in [2.05, 4.69) is 18.7 Å². The predicted molar refractivity (Wildman–Crippen MR) is 127 cm³/mol. The van der Waals surface area contributed by atoms with E-state index >= 15 is 8.78 Å². The van der Waals surface area contributed by atoms with Gasteiger partial charge >= 0.3 is 0 Å². The molecule has 0 aromatic rings. The van der Waals surface area contributed by atoms with E-state index in [0.717, 1.165) is 13.0 Å². The van der Waals surface area contributed by atoms with Gasteiger partial charge in [0, 0.05) is 24.4 Å². The number of aliphatic hydroxyl groups excluding tert-OH is 1. The number of Topliss-reactive ketones (excluding diaryl/α,β-unsaturated/α-hetero) is 1. The summed E-state index contributed by atoms with van der Waals surface area (Å²) in [5.41, 5.74) is -5.36. The van der Waals surface area contributed by atoms with Gasteiger partial charge in [0.2, 0.25) is 0 Å². The first-order valence-corrected chi connectivity index (χ1v) is 13.1. The molecule has 1 saturated heterocycles. The number of carbonyl (C=O) groups excluding carboxylic acids is 2. The molecule has 5 aliphatic rings. The van der Waals surface area contributed by atoms with Crippen LogP contribution >= 0.6 is 0 Å². The van der Waals surface area contributed by atoms with Gasteiger partial charge in [-0.05, 0) is 80.0 Å². The van der Waals surface area contributed by atoms with Crippen LogP contribution < -0.4 is 0 Å². The maximum Gasteiger partial charge on any atom is 0.178 e. The van der Waals surface area contributed by atoms with Gasteiger partial charge in [-0.15, -0.1) is 0 Å². The van der Waals surface area contributed by atoms with Crippen molar-refractivity contribution in [1.29, 1.82) is 0 Å². The fourth-order valence-electron chi connectivity index (χ4n) is 9.11. The quantitative estimate of drug-likeness (QED) is 0.616. The zero-order chi connectivity index (χ0) is 25.6. The third kappa shape index (κ3) is 3.06. The second kappa shape index (κ2) is 8.01. The van der Waals surface area contributed by atoms with Crippen molar-refractivity contribution < 1.29 is 27.9 Å². The zero-order valence-electron chi connectivity index (χ0n) is 21.2. The summed E-state index contributed by atoms with van der Waals surface area (Å²) in [6, 6.07) is 0. The Balaban J connectivity index is 1.57. The molecule has 4 aliphatic carbocycles. The Labute approximate surface area is 206 Å². The molecular formula is C28H38F3NO3. The molecule has 35 heavy (non-hydrogen) atoms. The topological polar surface area (TPSA) is 57.6 Å². The number of carbonyl (C=O) groups is 2. The summed E-state index contributed by atoms with van der Waals surface area (Å²) in [4.78, 5) is 27.6. The predicted octanol–water partition coefficient (Wildman–Crippen LogP) is 4.42. The molecule has 0 unspecified atom stereocenters. The number of allylic oxidation sites excluding steroid dienone is 4. The van der Waals surface area contributed by atoms with Crippen LogP contribution in [0, 0.1) is 39.9 Å². The summed E-state index contributed by atoms with van der Waals surface area (Å²) >= 11 is 0. The number of nitrogens with zero attached hydrogens (tertiary/aromatic N) is 1. The third-order valence-corrected chi connectivity index (χ3v) is 10.9. The smallest absolute Gasteiger partial charge is 0.178 e. The Morgan fingerprint density at radius 1 is 1.26 bits per heavy atom. The SMILES string of the molecule is CC(C)CCN1C[C@@H]2C[C@H]3[C@@H]4C[C@H](F)C5=CC(=O)C=C[C@]5(C)[C@@]4(F)[C@@H](O)C[C@]3(C)[C@]2(C(=O)CF)C1. The van der Waals surface area contributed by atoms with E-state index in [1.165, 1.54) is 18.2 Å². The molecule has 0 spiro atoms.